The van der Waals surface area contributed by atoms with Crippen LogP contribution in [0.2, 0.25) is 0 Å². The number of aromatic nitrogens is 3. The van der Waals surface area contributed by atoms with Crippen LogP contribution in [0.5, 0.6) is 11.5 Å². The van der Waals surface area contributed by atoms with Crippen LogP contribution in [0.4, 0.5) is 0 Å². The number of ether oxygens (including phenoxy) is 2. The Morgan fingerprint density at radius 3 is 2.64 bits per heavy atom. The van der Waals surface area contributed by atoms with Gasteiger partial charge in [0.25, 0.3) is 0 Å². The maximum absolute atomic E-state index is 12.6. The Morgan fingerprint density at radius 2 is 1.86 bits per heavy atom. The Kier molecular flexibility index (Phi) is 5.01. The third kappa shape index (κ3) is 3.71. The number of hydrogen-bond donors (Lipinski definition) is 1. The number of sulfonamides is 1. The van der Waals surface area contributed by atoms with Crippen LogP contribution in [-0.2, 0) is 16.6 Å². The van der Waals surface area contributed by atoms with Crippen molar-refractivity contribution in [1.29, 1.82) is 0 Å². The molecular formula is C19H20N4O4S. The Morgan fingerprint density at radius 1 is 1.11 bits per heavy atom. The van der Waals surface area contributed by atoms with Gasteiger partial charge in [0.05, 0.1) is 4.90 Å². The molecule has 0 saturated heterocycles. The zero-order valence-electron chi connectivity index (χ0n) is 15.3. The SMILES string of the molecule is Cc1cnc(-c2ccncc2)n1CCNS(=O)(=O)c1ccc2c(c1)OCCO2. The third-order valence-corrected chi connectivity index (χ3v) is 5.90. The molecule has 0 aliphatic carbocycles. The minimum Gasteiger partial charge on any atom is -0.486 e. The first kappa shape index (κ1) is 18.5. The van der Waals surface area contributed by atoms with Crippen LogP contribution < -0.4 is 14.2 Å². The first-order valence-corrected chi connectivity index (χ1v) is 10.3. The van der Waals surface area contributed by atoms with E-state index in [0.29, 0.717) is 31.3 Å². The number of nitrogens with one attached hydrogen (secondary N) is 1. The zero-order chi connectivity index (χ0) is 19.6. The molecule has 0 unspecified atom stereocenters. The maximum atomic E-state index is 12.6. The molecule has 3 heterocycles. The number of benzene rings is 1. The summed E-state index contributed by atoms with van der Waals surface area (Å²) in [5, 5.41) is 0. The summed E-state index contributed by atoms with van der Waals surface area (Å²) in [7, 11) is -3.67. The Hall–Kier alpha value is -2.91. The summed E-state index contributed by atoms with van der Waals surface area (Å²) in [6.45, 7) is 3.48. The molecule has 146 valence electrons. The first-order valence-electron chi connectivity index (χ1n) is 8.86. The highest BCUT2D eigenvalue weighted by Crippen LogP contribution is 2.32. The van der Waals surface area contributed by atoms with Gasteiger partial charge < -0.3 is 14.0 Å². The summed E-state index contributed by atoms with van der Waals surface area (Å²) in [6.07, 6.45) is 5.17. The van der Waals surface area contributed by atoms with Crippen LogP contribution in [-0.4, -0.2) is 42.7 Å². The van der Waals surface area contributed by atoms with Crippen LogP contribution in [0.15, 0.2) is 53.8 Å². The van der Waals surface area contributed by atoms with E-state index in [4.69, 9.17) is 9.47 Å². The van der Waals surface area contributed by atoms with Crippen LogP contribution in [0.25, 0.3) is 11.4 Å². The standard InChI is InChI=1S/C19H20N4O4S/c1-14-13-21-19(15-4-6-20-7-5-15)23(14)9-8-22-28(24,25)16-2-3-17-18(12-16)27-11-10-26-17/h2-7,12-13,22H,8-11H2,1H3. The molecule has 0 saturated carbocycles. The molecule has 1 aliphatic rings. The molecule has 2 aromatic heterocycles. The summed E-state index contributed by atoms with van der Waals surface area (Å²) in [5.41, 5.74) is 1.88. The molecule has 28 heavy (non-hydrogen) atoms. The van der Waals surface area contributed by atoms with Gasteiger partial charge in [-0.15, -0.1) is 0 Å². The van der Waals surface area contributed by atoms with E-state index in [1.54, 1.807) is 24.7 Å². The summed E-state index contributed by atoms with van der Waals surface area (Å²) < 4.78 is 40.8. The summed E-state index contributed by atoms with van der Waals surface area (Å²) >= 11 is 0. The van der Waals surface area contributed by atoms with Gasteiger partial charge in [-0.05, 0) is 31.2 Å². The van der Waals surface area contributed by atoms with E-state index in [2.05, 4.69) is 14.7 Å². The van der Waals surface area contributed by atoms with Crippen molar-refractivity contribution in [2.75, 3.05) is 19.8 Å². The van der Waals surface area contributed by atoms with Crippen LogP contribution in [0.1, 0.15) is 5.69 Å². The van der Waals surface area contributed by atoms with Gasteiger partial charge in [0.15, 0.2) is 11.5 Å². The second-order valence-electron chi connectivity index (χ2n) is 6.31. The minimum absolute atomic E-state index is 0.147. The van der Waals surface area contributed by atoms with E-state index in [-0.39, 0.29) is 11.4 Å². The largest absolute Gasteiger partial charge is 0.486 e. The van der Waals surface area contributed by atoms with E-state index >= 15 is 0 Å². The number of hydrogen-bond acceptors (Lipinski definition) is 6. The molecule has 0 bridgehead atoms. The molecule has 0 spiro atoms. The topological polar surface area (TPSA) is 95.3 Å². The van der Waals surface area contributed by atoms with Crippen LogP contribution in [0.3, 0.4) is 0 Å². The average molecular weight is 400 g/mol. The summed E-state index contributed by atoms with van der Waals surface area (Å²) in [4.78, 5) is 8.60. The lowest BCUT2D eigenvalue weighted by atomic mass is 10.2. The lowest BCUT2D eigenvalue weighted by Gasteiger charge is -2.19. The molecule has 1 N–H and O–H groups in total. The van der Waals surface area contributed by atoms with Crippen LogP contribution >= 0.6 is 0 Å². The Balaban J connectivity index is 1.48. The second-order valence-corrected chi connectivity index (χ2v) is 8.08. The van der Waals surface area contributed by atoms with E-state index in [1.807, 2.05) is 23.6 Å². The normalized spacial score (nSPS) is 13.5. The molecule has 3 aromatic rings. The molecule has 9 heteroatoms. The summed E-state index contributed by atoms with van der Waals surface area (Å²) in [5.74, 6) is 1.78. The number of fused-ring (bicyclic) bond motifs is 1. The van der Waals surface area contributed by atoms with Crippen molar-refractivity contribution in [2.24, 2.45) is 0 Å². The average Bonchev–Trinajstić information content (AvgIpc) is 3.09. The molecular weight excluding hydrogens is 380 g/mol. The Bertz CT molecular complexity index is 1080. The smallest absolute Gasteiger partial charge is 0.240 e. The van der Waals surface area contributed by atoms with Gasteiger partial charge >= 0.3 is 0 Å². The van der Waals surface area contributed by atoms with Gasteiger partial charge in [-0.25, -0.2) is 18.1 Å². The van der Waals surface area contributed by atoms with Crippen molar-refractivity contribution in [3.8, 4) is 22.9 Å². The van der Waals surface area contributed by atoms with Gasteiger partial charge in [-0.1, -0.05) is 0 Å². The van der Waals surface area contributed by atoms with Crippen molar-refractivity contribution in [2.45, 2.75) is 18.4 Å². The Labute approximate surface area is 163 Å². The predicted octanol–water partition coefficient (Wildman–Crippen LogP) is 2.00. The molecule has 0 amide bonds. The quantitative estimate of drug-likeness (QED) is 0.680. The first-order chi connectivity index (χ1) is 13.5. The third-order valence-electron chi connectivity index (χ3n) is 4.45. The fourth-order valence-corrected chi connectivity index (χ4v) is 4.08. The van der Waals surface area contributed by atoms with E-state index in [0.717, 1.165) is 17.1 Å². The van der Waals surface area contributed by atoms with Gasteiger partial charge in [0, 0.05) is 49.0 Å². The maximum Gasteiger partial charge on any atom is 0.240 e. The number of rotatable bonds is 6. The molecule has 0 radical (unpaired) electrons. The van der Waals surface area contributed by atoms with Crippen molar-refractivity contribution in [3.63, 3.8) is 0 Å². The van der Waals surface area contributed by atoms with Gasteiger partial charge in [0.1, 0.15) is 19.0 Å². The zero-order valence-corrected chi connectivity index (χ0v) is 16.1. The summed E-state index contributed by atoms with van der Waals surface area (Å²) in [6, 6.07) is 8.36. The fourth-order valence-electron chi connectivity index (χ4n) is 3.04. The predicted molar refractivity (Wildman–Crippen MR) is 103 cm³/mol. The molecule has 8 nitrogen and oxygen atoms in total. The minimum atomic E-state index is -3.67. The van der Waals surface area contributed by atoms with Crippen molar-refractivity contribution >= 4 is 10.0 Å². The number of imidazole rings is 1. The number of aryl methyl sites for hydroxylation is 1. The molecule has 0 atom stereocenters. The van der Waals surface area contributed by atoms with E-state index in [9.17, 15) is 8.42 Å². The molecule has 0 fully saturated rings. The molecule has 1 aliphatic heterocycles. The van der Waals surface area contributed by atoms with Gasteiger partial charge in [-0.3, -0.25) is 4.98 Å². The lowest BCUT2D eigenvalue weighted by Crippen LogP contribution is -2.28. The number of nitrogens with zero attached hydrogens (tertiary/aromatic N) is 3. The highest BCUT2D eigenvalue weighted by molar-refractivity contribution is 7.89. The molecule has 4 rings (SSSR count). The van der Waals surface area contributed by atoms with E-state index < -0.39 is 10.0 Å². The highest BCUT2D eigenvalue weighted by Gasteiger charge is 2.19. The van der Waals surface area contributed by atoms with Crippen molar-refractivity contribution < 1.29 is 17.9 Å². The number of pyridine rings is 1. The lowest BCUT2D eigenvalue weighted by molar-refractivity contribution is 0.171. The van der Waals surface area contributed by atoms with Crippen LogP contribution in [0, 0.1) is 6.92 Å². The second kappa shape index (κ2) is 7.61. The van der Waals surface area contributed by atoms with Gasteiger partial charge in [0.2, 0.25) is 10.0 Å². The fraction of sp³-hybridized carbons (Fsp3) is 0.263. The monoisotopic (exact) mass is 400 g/mol. The highest BCUT2D eigenvalue weighted by atomic mass is 32.2. The van der Waals surface area contributed by atoms with Crippen molar-refractivity contribution in [1.82, 2.24) is 19.3 Å². The van der Waals surface area contributed by atoms with Crippen molar-refractivity contribution in [3.05, 3.63) is 54.6 Å². The van der Waals surface area contributed by atoms with E-state index in [1.165, 1.54) is 12.1 Å². The molecule has 1 aromatic carbocycles. The van der Waals surface area contributed by atoms with Gasteiger partial charge in [-0.2, -0.15) is 0 Å².